The molecule has 2 nitrogen and oxygen atoms in total. The molecule has 94 valence electrons. The van der Waals surface area contributed by atoms with E-state index in [0.29, 0.717) is 5.57 Å². The van der Waals surface area contributed by atoms with Crippen LogP contribution in [0.3, 0.4) is 0 Å². The van der Waals surface area contributed by atoms with Gasteiger partial charge in [-0.1, -0.05) is 31.4 Å². The van der Waals surface area contributed by atoms with Gasteiger partial charge in [0.15, 0.2) is 5.78 Å². The van der Waals surface area contributed by atoms with Gasteiger partial charge in [-0.3, -0.25) is 4.79 Å². The third-order valence-corrected chi connectivity index (χ3v) is 2.63. The van der Waals surface area contributed by atoms with Gasteiger partial charge in [-0.15, -0.1) is 0 Å². The molecule has 0 spiro atoms. The van der Waals surface area contributed by atoms with Crippen molar-refractivity contribution in [3.8, 4) is 0 Å². The Labute approximate surface area is 99.7 Å². The van der Waals surface area contributed by atoms with Crippen LogP contribution in [0.25, 0.3) is 0 Å². The lowest BCUT2D eigenvalue weighted by molar-refractivity contribution is -0.147. The van der Waals surface area contributed by atoms with Crippen LogP contribution in [0.2, 0.25) is 0 Å². The second-order valence-electron chi connectivity index (χ2n) is 4.01. The molecule has 0 amide bonds. The van der Waals surface area contributed by atoms with Crippen LogP contribution in [0.5, 0.6) is 0 Å². The van der Waals surface area contributed by atoms with Gasteiger partial charge < -0.3 is 4.74 Å². The first-order chi connectivity index (χ1) is 7.98. The van der Waals surface area contributed by atoms with Crippen molar-refractivity contribution < 1.29 is 18.3 Å². The van der Waals surface area contributed by atoms with Gasteiger partial charge >= 0.3 is 0 Å². The Balaban J connectivity index is 2.55. The summed E-state index contributed by atoms with van der Waals surface area (Å²) >= 11 is 0. The number of ether oxygens (including phenoxy) is 1. The van der Waals surface area contributed by atoms with E-state index in [1.54, 1.807) is 18.2 Å². The van der Waals surface area contributed by atoms with E-state index in [0.717, 1.165) is 0 Å². The van der Waals surface area contributed by atoms with Gasteiger partial charge in [0.05, 0.1) is 6.61 Å². The van der Waals surface area contributed by atoms with Gasteiger partial charge in [-0.05, 0) is 5.57 Å². The molecule has 1 aliphatic rings. The van der Waals surface area contributed by atoms with Crippen LogP contribution < -0.4 is 0 Å². The van der Waals surface area contributed by atoms with E-state index >= 15 is 0 Å². The van der Waals surface area contributed by atoms with Crippen molar-refractivity contribution in [3.63, 3.8) is 0 Å². The molecule has 17 heavy (non-hydrogen) atoms. The second-order valence-corrected chi connectivity index (χ2v) is 4.01. The maximum atomic E-state index is 13.1. The standard InChI is InChI=1S/C13H16F2O2/c1-3-5-10(4-2)9-17-12-8-13(14,15)7-6-11(12)16/h3-5,12H,1-2,6-9H2/b10-5+. The summed E-state index contributed by atoms with van der Waals surface area (Å²) in [4.78, 5) is 11.4. The third kappa shape index (κ3) is 4.23. The molecule has 0 heterocycles. The van der Waals surface area contributed by atoms with Gasteiger partial charge in [0.25, 0.3) is 5.92 Å². The number of carbonyl (C=O) groups is 1. The van der Waals surface area contributed by atoms with Gasteiger partial charge in [-0.25, -0.2) is 8.78 Å². The molecule has 0 aliphatic heterocycles. The van der Waals surface area contributed by atoms with E-state index < -0.39 is 18.4 Å². The lowest BCUT2D eigenvalue weighted by atomic mass is 9.93. The van der Waals surface area contributed by atoms with E-state index in [1.807, 2.05) is 0 Å². The first-order valence-corrected chi connectivity index (χ1v) is 5.44. The topological polar surface area (TPSA) is 26.3 Å². The zero-order valence-electron chi connectivity index (χ0n) is 9.62. The van der Waals surface area contributed by atoms with Crippen molar-refractivity contribution in [2.75, 3.05) is 6.61 Å². The molecule has 1 atom stereocenters. The van der Waals surface area contributed by atoms with Crippen molar-refractivity contribution in [2.24, 2.45) is 0 Å². The molecular weight excluding hydrogens is 226 g/mol. The minimum absolute atomic E-state index is 0.0992. The first kappa shape index (κ1) is 13.8. The van der Waals surface area contributed by atoms with Crippen molar-refractivity contribution in [1.82, 2.24) is 0 Å². The maximum absolute atomic E-state index is 13.1. The second kappa shape index (κ2) is 5.87. The minimum Gasteiger partial charge on any atom is -0.366 e. The van der Waals surface area contributed by atoms with Crippen molar-refractivity contribution >= 4 is 5.78 Å². The van der Waals surface area contributed by atoms with Crippen LogP contribution in [0.15, 0.2) is 37.0 Å². The van der Waals surface area contributed by atoms with E-state index in [-0.39, 0.29) is 25.2 Å². The number of hydrogen-bond acceptors (Lipinski definition) is 2. The normalized spacial score (nSPS) is 24.5. The lowest BCUT2D eigenvalue weighted by Gasteiger charge is -2.27. The van der Waals surface area contributed by atoms with Crippen molar-refractivity contribution in [2.45, 2.75) is 31.3 Å². The average Bonchev–Trinajstić information content (AvgIpc) is 2.28. The Bertz CT molecular complexity index is 345. The molecule has 1 unspecified atom stereocenters. The number of Topliss-reactive ketones (excluding diaryl/α,β-unsaturated/α-hetero) is 1. The fraction of sp³-hybridized carbons (Fsp3) is 0.462. The SMILES string of the molecule is C=C/C=C(\C=C)COC1CC(F)(F)CCC1=O. The first-order valence-electron chi connectivity index (χ1n) is 5.44. The molecule has 0 saturated heterocycles. The molecule has 0 N–H and O–H groups in total. The van der Waals surface area contributed by atoms with Gasteiger partial charge in [0, 0.05) is 19.3 Å². The number of ketones is 1. The smallest absolute Gasteiger partial charge is 0.251 e. The van der Waals surface area contributed by atoms with Crippen LogP contribution in [-0.2, 0) is 9.53 Å². The van der Waals surface area contributed by atoms with E-state index in [4.69, 9.17) is 4.74 Å². The Kier molecular flexibility index (Phi) is 4.75. The number of rotatable bonds is 5. The maximum Gasteiger partial charge on any atom is 0.251 e. The fourth-order valence-electron chi connectivity index (χ4n) is 1.63. The molecule has 0 aromatic heterocycles. The Morgan fingerprint density at radius 2 is 2.24 bits per heavy atom. The zero-order valence-corrected chi connectivity index (χ0v) is 9.62. The summed E-state index contributed by atoms with van der Waals surface area (Å²) < 4.78 is 31.4. The van der Waals surface area contributed by atoms with E-state index in [1.165, 1.54) is 0 Å². The molecule has 1 rings (SSSR count). The summed E-state index contributed by atoms with van der Waals surface area (Å²) in [7, 11) is 0. The monoisotopic (exact) mass is 242 g/mol. The molecular formula is C13H16F2O2. The van der Waals surface area contributed by atoms with Crippen LogP contribution in [0, 0.1) is 0 Å². The molecule has 0 bridgehead atoms. The Hall–Kier alpha value is -1.29. The summed E-state index contributed by atoms with van der Waals surface area (Å²) in [6.07, 6.45) is 2.74. The molecule has 1 fully saturated rings. The predicted octanol–water partition coefficient (Wildman–Crippen LogP) is 3.06. The highest BCUT2D eigenvalue weighted by Crippen LogP contribution is 2.32. The molecule has 4 heteroatoms. The van der Waals surface area contributed by atoms with E-state index in [9.17, 15) is 13.6 Å². The minimum atomic E-state index is -2.80. The zero-order chi connectivity index (χ0) is 12.9. The lowest BCUT2D eigenvalue weighted by Crippen LogP contribution is -2.38. The summed E-state index contributed by atoms with van der Waals surface area (Å²) in [5.41, 5.74) is 0.710. The van der Waals surface area contributed by atoms with Crippen molar-refractivity contribution in [1.29, 1.82) is 0 Å². The predicted molar refractivity (Wildman–Crippen MR) is 62.0 cm³/mol. The number of hydrogen-bond donors (Lipinski definition) is 0. The van der Waals surface area contributed by atoms with Crippen LogP contribution in [0.4, 0.5) is 8.78 Å². The number of halogens is 2. The number of alkyl halides is 2. The summed E-state index contributed by atoms with van der Waals surface area (Å²) in [5.74, 6) is -3.05. The third-order valence-electron chi connectivity index (χ3n) is 2.63. The Morgan fingerprint density at radius 3 is 2.82 bits per heavy atom. The molecule has 1 saturated carbocycles. The largest absolute Gasteiger partial charge is 0.366 e. The van der Waals surface area contributed by atoms with Crippen molar-refractivity contribution in [3.05, 3.63) is 37.0 Å². The number of carbonyl (C=O) groups excluding carboxylic acids is 1. The molecule has 0 aromatic carbocycles. The van der Waals surface area contributed by atoms with Crippen LogP contribution in [-0.4, -0.2) is 24.4 Å². The molecule has 1 aliphatic carbocycles. The van der Waals surface area contributed by atoms with Gasteiger partial charge in [0.2, 0.25) is 0 Å². The number of allylic oxidation sites excluding steroid dienone is 2. The van der Waals surface area contributed by atoms with Gasteiger partial charge in [0.1, 0.15) is 6.10 Å². The quantitative estimate of drug-likeness (QED) is 0.692. The summed E-state index contributed by atoms with van der Waals surface area (Å²) in [5, 5.41) is 0. The highest BCUT2D eigenvalue weighted by Gasteiger charge is 2.41. The molecule has 0 aromatic rings. The average molecular weight is 242 g/mol. The van der Waals surface area contributed by atoms with Crippen LogP contribution >= 0.6 is 0 Å². The summed E-state index contributed by atoms with van der Waals surface area (Å²) in [6.45, 7) is 7.18. The van der Waals surface area contributed by atoms with Gasteiger partial charge in [-0.2, -0.15) is 0 Å². The fourth-order valence-corrected chi connectivity index (χ4v) is 1.63. The van der Waals surface area contributed by atoms with Crippen LogP contribution in [0.1, 0.15) is 19.3 Å². The highest BCUT2D eigenvalue weighted by molar-refractivity contribution is 5.84. The molecule has 0 radical (unpaired) electrons. The summed E-state index contributed by atoms with van der Waals surface area (Å²) in [6, 6.07) is 0. The highest BCUT2D eigenvalue weighted by atomic mass is 19.3. The Morgan fingerprint density at radius 1 is 1.53 bits per heavy atom. The van der Waals surface area contributed by atoms with E-state index in [2.05, 4.69) is 13.2 Å².